The van der Waals surface area contributed by atoms with Crippen LogP contribution in [-0.4, -0.2) is 24.5 Å². The van der Waals surface area contributed by atoms with Crippen LogP contribution in [0.3, 0.4) is 0 Å². The first-order valence-electron chi connectivity index (χ1n) is 4.81. The summed E-state index contributed by atoms with van der Waals surface area (Å²) in [5, 5.41) is 0. The van der Waals surface area contributed by atoms with Gasteiger partial charge in [0, 0.05) is 11.6 Å². The molecule has 2 rings (SSSR count). The molecule has 0 spiro atoms. The van der Waals surface area contributed by atoms with Gasteiger partial charge >= 0.3 is 0 Å². The van der Waals surface area contributed by atoms with Crippen molar-refractivity contribution in [2.75, 3.05) is 0 Å². The van der Waals surface area contributed by atoms with Gasteiger partial charge in [0.25, 0.3) is 21.8 Å². The minimum atomic E-state index is -4.09. The molecule has 1 aliphatic rings. The van der Waals surface area contributed by atoms with Crippen LogP contribution in [0.15, 0.2) is 46.9 Å². The molecule has 0 saturated heterocycles. The van der Waals surface area contributed by atoms with Crippen LogP contribution in [0, 0.1) is 0 Å². The third-order valence-electron chi connectivity index (χ3n) is 2.34. The maximum atomic E-state index is 12.1. The monoisotopic (exact) mass is 251 g/mol. The number of nitrogens with zero attached hydrogens (tertiary/aromatic N) is 1. The zero-order chi connectivity index (χ0) is 12.6. The van der Waals surface area contributed by atoms with Crippen molar-refractivity contribution in [2.45, 2.75) is 11.8 Å². The summed E-state index contributed by atoms with van der Waals surface area (Å²) in [5.74, 6) is -1.62. The molecular formula is C11H9NO4S. The van der Waals surface area contributed by atoms with Crippen LogP contribution in [-0.2, 0) is 19.6 Å². The highest BCUT2D eigenvalue weighted by Crippen LogP contribution is 2.22. The van der Waals surface area contributed by atoms with E-state index in [4.69, 9.17) is 0 Å². The average Bonchev–Trinajstić information content (AvgIpc) is 2.54. The predicted octanol–water partition coefficient (Wildman–Crippen LogP) is 0.690. The van der Waals surface area contributed by atoms with E-state index in [0.29, 0.717) is 0 Å². The molecule has 0 aromatic heterocycles. The average molecular weight is 251 g/mol. The molecule has 0 unspecified atom stereocenters. The van der Waals surface area contributed by atoms with Gasteiger partial charge in [0.15, 0.2) is 0 Å². The Kier molecular flexibility index (Phi) is 2.59. The number of carbonyl (C=O) groups excluding carboxylic acids is 2. The number of hydrogen-bond donors (Lipinski definition) is 0. The van der Waals surface area contributed by atoms with E-state index in [0.717, 1.165) is 6.08 Å². The molecule has 0 fully saturated rings. The second-order valence-electron chi connectivity index (χ2n) is 3.55. The van der Waals surface area contributed by atoms with E-state index in [1.54, 1.807) is 6.07 Å². The molecule has 88 valence electrons. The van der Waals surface area contributed by atoms with Crippen LogP contribution in [0.2, 0.25) is 0 Å². The lowest BCUT2D eigenvalue weighted by Gasteiger charge is -2.14. The zero-order valence-electron chi connectivity index (χ0n) is 8.95. The van der Waals surface area contributed by atoms with Crippen LogP contribution < -0.4 is 0 Å². The third-order valence-corrected chi connectivity index (χ3v) is 4.04. The Morgan fingerprint density at radius 2 is 1.65 bits per heavy atom. The number of amides is 2. The molecule has 0 bridgehead atoms. The van der Waals surface area contributed by atoms with E-state index >= 15 is 0 Å². The molecule has 1 aliphatic heterocycles. The summed E-state index contributed by atoms with van der Waals surface area (Å²) in [5.41, 5.74) is 0.120. The molecule has 5 nitrogen and oxygen atoms in total. The van der Waals surface area contributed by atoms with Gasteiger partial charge in [-0.1, -0.05) is 18.2 Å². The fourth-order valence-corrected chi connectivity index (χ4v) is 2.86. The molecule has 2 amide bonds. The van der Waals surface area contributed by atoms with Gasteiger partial charge in [0.2, 0.25) is 0 Å². The smallest absolute Gasteiger partial charge is 0.268 e. The van der Waals surface area contributed by atoms with Crippen molar-refractivity contribution in [3.8, 4) is 0 Å². The van der Waals surface area contributed by atoms with Crippen LogP contribution in [0.1, 0.15) is 6.92 Å². The lowest BCUT2D eigenvalue weighted by atomic mass is 10.3. The standard InChI is InChI=1S/C11H9NO4S/c1-8-7-10(13)12(11(8)14)17(15,16)9-5-3-2-4-6-9/h2-7H,1H3. The van der Waals surface area contributed by atoms with Crippen LogP contribution in [0.25, 0.3) is 0 Å². The molecule has 1 aromatic carbocycles. The summed E-state index contributed by atoms with van der Waals surface area (Å²) in [6.45, 7) is 1.40. The van der Waals surface area contributed by atoms with Crippen molar-refractivity contribution in [3.63, 3.8) is 0 Å². The van der Waals surface area contributed by atoms with E-state index in [-0.39, 0.29) is 14.8 Å². The Hall–Kier alpha value is -1.95. The largest absolute Gasteiger partial charge is 0.273 e. The zero-order valence-corrected chi connectivity index (χ0v) is 9.77. The molecule has 0 N–H and O–H groups in total. The summed E-state index contributed by atoms with van der Waals surface area (Å²) in [4.78, 5) is 23.0. The van der Waals surface area contributed by atoms with E-state index in [1.807, 2.05) is 0 Å². The number of sulfonamides is 1. The first kappa shape index (κ1) is 11.5. The van der Waals surface area contributed by atoms with Gasteiger partial charge in [-0.15, -0.1) is 0 Å². The topological polar surface area (TPSA) is 71.5 Å². The maximum absolute atomic E-state index is 12.1. The first-order valence-corrected chi connectivity index (χ1v) is 6.25. The third kappa shape index (κ3) is 1.76. The van der Waals surface area contributed by atoms with Gasteiger partial charge in [-0.05, 0) is 19.1 Å². The van der Waals surface area contributed by atoms with Crippen molar-refractivity contribution in [1.82, 2.24) is 4.31 Å². The number of benzene rings is 1. The molecule has 0 aliphatic carbocycles. The highest BCUT2D eigenvalue weighted by Gasteiger charge is 2.39. The van der Waals surface area contributed by atoms with Gasteiger partial charge < -0.3 is 0 Å². The van der Waals surface area contributed by atoms with Gasteiger partial charge in [-0.25, -0.2) is 8.42 Å². The SMILES string of the molecule is CC1=CC(=O)N(S(=O)(=O)c2ccccc2)C1=O. The number of carbonyl (C=O) groups is 2. The van der Waals surface area contributed by atoms with Crippen molar-refractivity contribution < 1.29 is 18.0 Å². The van der Waals surface area contributed by atoms with E-state index < -0.39 is 21.8 Å². The van der Waals surface area contributed by atoms with Crippen LogP contribution in [0.4, 0.5) is 0 Å². The van der Waals surface area contributed by atoms with Crippen molar-refractivity contribution in [2.24, 2.45) is 0 Å². The van der Waals surface area contributed by atoms with Gasteiger partial charge in [-0.3, -0.25) is 9.59 Å². The summed E-state index contributed by atoms with van der Waals surface area (Å²) in [7, 11) is -4.09. The minimum absolute atomic E-state index is 0.0789. The molecule has 0 radical (unpaired) electrons. The molecule has 1 heterocycles. The normalized spacial score (nSPS) is 16.3. The number of imide groups is 1. The van der Waals surface area contributed by atoms with Crippen LogP contribution in [0.5, 0.6) is 0 Å². The van der Waals surface area contributed by atoms with Crippen molar-refractivity contribution in [1.29, 1.82) is 0 Å². The number of rotatable bonds is 2. The fourth-order valence-electron chi connectivity index (χ4n) is 1.49. The van der Waals surface area contributed by atoms with E-state index in [9.17, 15) is 18.0 Å². The summed E-state index contributed by atoms with van der Waals surface area (Å²) in [6, 6.07) is 7.37. The second-order valence-corrected chi connectivity index (χ2v) is 5.34. The fraction of sp³-hybridized carbons (Fsp3) is 0.0909. The summed E-state index contributed by atoms with van der Waals surface area (Å²) in [6.07, 6.45) is 1.02. The molecule has 0 atom stereocenters. The minimum Gasteiger partial charge on any atom is -0.268 e. The molecule has 1 aromatic rings. The Labute approximate surface area is 98.4 Å². The Morgan fingerprint density at radius 3 is 2.12 bits per heavy atom. The lowest BCUT2D eigenvalue weighted by Crippen LogP contribution is -2.36. The summed E-state index contributed by atoms with van der Waals surface area (Å²) < 4.78 is 24.4. The summed E-state index contributed by atoms with van der Waals surface area (Å²) >= 11 is 0. The highest BCUT2D eigenvalue weighted by atomic mass is 32.2. The Bertz CT molecular complexity index is 616. The molecular weight excluding hydrogens is 242 g/mol. The van der Waals surface area contributed by atoms with E-state index in [2.05, 4.69) is 0 Å². The van der Waals surface area contributed by atoms with Gasteiger partial charge in [0.05, 0.1) is 4.90 Å². The quantitative estimate of drug-likeness (QED) is 0.725. The Balaban J connectivity index is 2.50. The van der Waals surface area contributed by atoms with E-state index in [1.165, 1.54) is 31.2 Å². The molecule has 17 heavy (non-hydrogen) atoms. The maximum Gasteiger partial charge on any atom is 0.273 e. The first-order chi connectivity index (χ1) is 7.94. The van der Waals surface area contributed by atoms with Crippen LogP contribution >= 0.6 is 0 Å². The number of hydrogen-bond acceptors (Lipinski definition) is 4. The lowest BCUT2D eigenvalue weighted by molar-refractivity contribution is -0.131. The van der Waals surface area contributed by atoms with Gasteiger partial charge in [-0.2, -0.15) is 4.31 Å². The highest BCUT2D eigenvalue weighted by molar-refractivity contribution is 7.90. The second kappa shape index (κ2) is 3.81. The Morgan fingerprint density at radius 1 is 1.06 bits per heavy atom. The van der Waals surface area contributed by atoms with Crippen molar-refractivity contribution in [3.05, 3.63) is 42.0 Å². The van der Waals surface area contributed by atoms with Crippen molar-refractivity contribution >= 4 is 21.8 Å². The van der Waals surface area contributed by atoms with Gasteiger partial charge in [0.1, 0.15) is 0 Å². The molecule has 6 heteroatoms. The predicted molar refractivity (Wildman–Crippen MR) is 59.2 cm³/mol. The molecule has 0 saturated carbocycles.